The van der Waals surface area contributed by atoms with Gasteiger partial charge in [-0.25, -0.2) is 15.0 Å². The van der Waals surface area contributed by atoms with Gasteiger partial charge in [-0.05, 0) is 24.3 Å². The summed E-state index contributed by atoms with van der Waals surface area (Å²) in [5, 5.41) is 19.9. The third kappa shape index (κ3) is 2.50. The highest BCUT2D eigenvalue weighted by Gasteiger charge is 2.21. The van der Waals surface area contributed by atoms with Crippen LogP contribution in [0.25, 0.3) is 28.4 Å². The lowest BCUT2D eigenvalue weighted by atomic mass is 10.1. The smallest absolute Gasteiger partial charge is 0.198 e. The minimum Gasteiger partial charge on any atom is -0.508 e. The van der Waals surface area contributed by atoms with Crippen molar-refractivity contribution in [1.29, 1.82) is 0 Å². The number of rotatable bonds is 2. The highest BCUT2D eigenvalue weighted by atomic mass is 16.6. The summed E-state index contributed by atoms with van der Waals surface area (Å²) < 4.78 is 13.1. The van der Waals surface area contributed by atoms with Crippen molar-refractivity contribution in [3.8, 4) is 40.1 Å². The summed E-state index contributed by atoms with van der Waals surface area (Å²) in [4.78, 5) is 13.2. The molecule has 0 unspecified atom stereocenters. The Bertz CT molecular complexity index is 1170. The highest BCUT2D eigenvalue weighted by molar-refractivity contribution is 5.79. The maximum absolute atomic E-state index is 10.3. The molecule has 0 fully saturated rings. The molecule has 8 heteroatoms. The van der Waals surface area contributed by atoms with Crippen molar-refractivity contribution in [3.05, 3.63) is 48.8 Å². The van der Waals surface area contributed by atoms with Gasteiger partial charge in [0.2, 0.25) is 0 Å². The van der Waals surface area contributed by atoms with Crippen LogP contribution in [0.15, 0.2) is 48.8 Å². The monoisotopic (exact) mass is 362 g/mol. The molecule has 1 aliphatic heterocycles. The van der Waals surface area contributed by atoms with E-state index in [2.05, 4.69) is 15.0 Å². The lowest BCUT2D eigenvalue weighted by Crippen LogP contribution is -2.15. The number of imidazole rings is 1. The van der Waals surface area contributed by atoms with Crippen molar-refractivity contribution in [2.45, 2.75) is 0 Å². The van der Waals surface area contributed by atoms with E-state index >= 15 is 0 Å². The van der Waals surface area contributed by atoms with E-state index < -0.39 is 0 Å². The number of hydrogen-bond acceptors (Lipinski definition) is 7. The normalized spacial score (nSPS) is 13.0. The lowest BCUT2D eigenvalue weighted by molar-refractivity contribution is 0.171. The van der Waals surface area contributed by atoms with Gasteiger partial charge in [-0.3, -0.25) is 4.57 Å². The molecule has 0 aliphatic carbocycles. The molecule has 2 aromatic carbocycles. The molecule has 4 aromatic rings. The van der Waals surface area contributed by atoms with E-state index in [1.165, 1.54) is 12.1 Å². The third-order valence-electron chi connectivity index (χ3n) is 4.30. The summed E-state index contributed by atoms with van der Waals surface area (Å²) in [6.07, 6.45) is 3.14. The molecular formula is C19H14N4O4. The van der Waals surface area contributed by atoms with Crippen LogP contribution in [0.4, 0.5) is 0 Å². The highest BCUT2D eigenvalue weighted by Crippen LogP contribution is 2.37. The largest absolute Gasteiger partial charge is 0.508 e. The van der Waals surface area contributed by atoms with Gasteiger partial charge in [-0.15, -0.1) is 0 Å². The van der Waals surface area contributed by atoms with E-state index in [-0.39, 0.29) is 11.5 Å². The van der Waals surface area contributed by atoms with Gasteiger partial charge in [0.1, 0.15) is 24.7 Å². The fourth-order valence-electron chi connectivity index (χ4n) is 3.12. The van der Waals surface area contributed by atoms with Crippen LogP contribution >= 0.6 is 0 Å². The molecule has 5 rings (SSSR count). The van der Waals surface area contributed by atoms with Gasteiger partial charge < -0.3 is 19.7 Å². The average Bonchev–Trinajstić information content (AvgIpc) is 3.06. The predicted octanol–water partition coefficient (Wildman–Crippen LogP) is 2.66. The minimum absolute atomic E-state index is 0.0329. The maximum Gasteiger partial charge on any atom is 0.198 e. The average molecular weight is 362 g/mol. The molecular weight excluding hydrogens is 348 g/mol. The van der Waals surface area contributed by atoms with E-state index in [1.54, 1.807) is 23.0 Å². The molecule has 3 heterocycles. The SMILES string of the molecule is Oc1ccc(-c2nc3nccnc3n2-c2ccc3c(c2)OCCO3)c(O)c1. The van der Waals surface area contributed by atoms with Crippen LogP contribution in [0, 0.1) is 0 Å². The van der Waals surface area contributed by atoms with Gasteiger partial charge in [0.05, 0.1) is 11.3 Å². The Kier molecular flexibility index (Phi) is 3.36. The first-order valence-electron chi connectivity index (χ1n) is 8.32. The number of phenols is 2. The van der Waals surface area contributed by atoms with Crippen molar-refractivity contribution < 1.29 is 19.7 Å². The Morgan fingerprint density at radius 2 is 1.70 bits per heavy atom. The zero-order valence-electron chi connectivity index (χ0n) is 14.0. The van der Waals surface area contributed by atoms with Crippen LogP contribution in [0.1, 0.15) is 0 Å². The van der Waals surface area contributed by atoms with E-state index in [0.29, 0.717) is 47.4 Å². The Morgan fingerprint density at radius 3 is 2.56 bits per heavy atom. The molecule has 8 nitrogen and oxygen atoms in total. The summed E-state index contributed by atoms with van der Waals surface area (Å²) >= 11 is 0. The van der Waals surface area contributed by atoms with Gasteiger partial charge >= 0.3 is 0 Å². The first-order chi connectivity index (χ1) is 13.2. The van der Waals surface area contributed by atoms with E-state index in [0.717, 1.165) is 5.69 Å². The number of aromatic hydroxyl groups is 2. The van der Waals surface area contributed by atoms with Crippen molar-refractivity contribution in [2.75, 3.05) is 13.2 Å². The molecule has 0 bridgehead atoms. The number of benzene rings is 2. The second-order valence-electron chi connectivity index (χ2n) is 6.00. The van der Waals surface area contributed by atoms with Gasteiger partial charge in [0, 0.05) is 24.5 Å². The van der Waals surface area contributed by atoms with Crippen molar-refractivity contribution >= 4 is 11.3 Å². The first kappa shape index (κ1) is 15.4. The Hall–Kier alpha value is -3.81. The summed E-state index contributed by atoms with van der Waals surface area (Å²) in [5.41, 5.74) is 2.17. The van der Waals surface area contributed by atoms with Crippen molar-refractivity contribution in [1.82, 2.24) is 19.5 Å². The Balaban J connectivity index is 1.78. The van der Waals surface area contributed by atoms with Crippen LogP contribution in [0.5, 0.6) is 23.0 Å². The topological polar surface area (TPSA) is 103 Å². The molecule has 0 spiro atoms. The maximum atomic E-state index is 10.3. The van der Waals surface area contributed by atoms with Crippen LogP contribution in [-0.2, 0) is 0 Å². The first-order valence-corrected chi connectivity index (χ1v) is 8.32. The number of phenolic OH excluding ortho intramolecular Hbond substituents is 2. The molecule has 2 N–H and O–H groups in total. The summed E-state index contributed by atoms with van der Waals surface area (Å²) in [6.45, 7) is 0.991. The zero-order chi connectivity index (χ0) is 18.4. The molecule has 0 atom stereocenters. The number of nitrogens with zero attached hydrogens (tertiary/aromatic N) is 4. The van der Waals surface area contributed by atoms with Crippen LogP contribution in [0.3, 0.4) is 0 Å². The molecule has 134 valence electrons. The summed E-state index contributed by atoms with van der Waals surface area (Å²) in [5.74, 6) is 1.63. The Labute approximate surface area is 153 Å². The van der Waals surface area contributed by atoms with Gasteiger partial charge in [-0.1, -0.05) is 0 Å². The fourth-order valence-corrected chi connectivity index (χ4v) is 3.12. The van der Waals surface area contributed by atoms with Crippen LogP contribution in [0.2, 0.25) is 0 Å². The fraction of sp³-hybridized carbons (Fsp3) is 0.105. The van der Waals surface area contributed by atoms with Crippen molar-refractivity contribution in [2.24, 2.45) is 0 Å². The molecule has 0 saturated carbocycles. The summed E-state index contributed by atoms with van der Waals surface area (Å²) in [6, 6.07) is 9.88. The number of fused-ring (bicyclic) bond motifs is 2. The van der Waals surface area contributed by atoms with Crippen molar-refractivity contribution in [3.63, 3.8) is 0 Å². The minimum atomic E-state index is -0.0934. The second kappa shape index (κ2) is 5.87. The van der Waals surface area contributed by atoms with Gasteiger partial charge in [0.15, 0.2) is 28.6 Å². The van der Waals surface area contributed by atoms with E-state index in [1.807, 2.05) is 18.2 Å². The lowest BCUT2D eigenvalue weighted by Gasteiger charge is -2.19. The van der Waals surface area contributed by atoms with E-state index in [4.69, 9.17) is 9.47 Å². The van der Waals surface area contributed by atoms with E-state index in [9.17, 15) is 10.2 Å². The summed E-state index contributed by atoms with van der Waals surface area (Å²) in [7, 11) is 0. The number of aromatic nitrogens is 4. The standard InChI is InChI=1S/C19H14N4O4/c24-12-2-3-13(14(25)10-12)18-22-17-19(21-6-5-20-17)23(18)11-1-4-15-16(9-11)27-8-7-26-15/h1-6,9-10,24-25H,7-8H2. The van der Waals surface area contributed by atoms with Gasteiger partial charge in [0.25, 0.3) is 0 Å². The Morgan fingerprint density at radius 1 is 0.889 bits per heavy atom. The molecule has 0 radical (unpaired) electrons. The van der Waals surface area contributed by atoms with Gasteiger partial charge in [-0.2, -0.15) is 0 Å². The number of hydrogen-bond donors (Lipinski definition) is 2. The molecule has 27 heavy (non-hydrogen) atoms. The van der Waals surface area contributed by atoms with Crippen LogP contribution in [-0.4, -0.2) is 42.9 Å². The molecule has 0 amide bonds. The quantitative estimate of drug-likeness (QED) is 0.565. The third-order valence-corrected chi connectivity index (χ3v) is 4.30. The molecule has 1 aliphatic rings. The predicted molar refractivity (Wildman–Crippen MR) is 96.4 cm³/mol. The molecule has 2 aromatic heterocycles. The molecule has 0 saturated heterocycles. The van der Waals surface area contributed by atoms with Crippen LogP contribution < -0.4 is 9.47 Å². The second-order valence-corrected chi connectivity index (χ2v) is 6.00. The zero-order valence-corrected chi connectivity index (χ0v) is 14.0. The number of ether oxygens (including phenoxy) is 2.